The Balaban J connectivity index is 1.56. The van der Waals surface area contributed by atoms with E-state index < -0.39 is 0 Å². The van der Waals surface area contributed by atoms with Crippen molar-refractivity contribution in [3.05, 3.63) is 58.1 Å². The van der Waals surface area contributed by atoms with Crippen LogP contribution in [0.15, 0.2) is 46.9 Å². The number of nitrogens with one attached hydrogen (secondary N) is 2. The molecule has 0 aliphatic carbocycles. The van der Waals surface area contributed by atoms with Gasteiger partial charge in [0.05, 0.1) is 17.2 Å². The van der Waals surface area contributed by atoms with Gasteiger partial charge in [0.15, 0.2) is 0 Å². The topological polar surface area (TPSA) is 76.7 Å². The van der Waals surface area contributed by atoms with E-state index in [1.165, 1.54) is 0 Å². The Hall–Kier alpha value is -2.38. The third kappa shape index (κ3) is 5.33. The number of rotatable bonds is 7. The predicted molar refractivity (Wildman–Crippen MR) is 111 cm³/mol. The van der Waals surface area contributed by atoms with Gasteiger partial charge in [-0.1, -0.05) is 0 Å². The summed E-state index contributed by atoms with van der Waals surface area (Å²) in [7, 11) is 0. The quantitative estimate of drug-likeness (QED) is 0.673. The van der Waals surface area contributed by atoms with Gasteiger partial charge in [-0.2, -0.15) is 0 Å². The average Bonchev–Trinajstić information content (AvgIpc) is 3.22. The number of carbonyl (C=O) groups excluding carboxylic acids is 2. The van der Waals surface area contributed by atoms with Gasteiger partial charge in [-0.3, -0.25) is 9.59 Å². The molecule has 148 valence electrons. The van der Waals surface area contributed by atoms with Gasteiger partial charge in [-0.15, -0.1) is 0 Å². The monoisotopic (exact) mass is 446 g/mol. The Morgan fingerprint density at radius 3 is 2.54 bits per heavy atom. The molecule has 2 aromatic rings. The molecule has 1 heterocycles. The first-order valence-corrected chi connectivity index (χ1v) is 10.1. The van der Waals surface area contributed by atoms with Gasteiger partial charge < -0.3 is 20.1 Å². The third-order valence-corrected chi connectivity index (χ3v) is 5.03. The molecule has 0 bridgehead atoms. The van der Waals surface area contributed by atoms with Crippen LogP contribution in [0.25, 0.3) is 0 Å². The van der Waals surface area contributed by atoms with Crippen molar-refractivity contribution in [1.82, 2.24) is 5.32 Å². The van der Waals surface area contributed by atoms with Gasteiger partial charge in [0.1, 0.15) is 5.75 Å². The van der Waals surface area contributed by atoms with Gasteiger partial charge in [0.25, 0.3) is 11.8 Å². The second-order valence-electron chi connectivity index (χ2n) is 6.45. The van der Waals surface area contributed by atoms with Crippen molar-refractivity contribution < 1.29 is 19.1 Å². The normalized spacial score (nSPS) is 15.9. The summed E-state index contributed by atoms with van der Waals surface area (Å²) in [5.41, 5.74) is 1.67. The molecule has 1 unspecified atom stereocenters. The molecule has 6 nitrogen and oxygen atoms in total. The summed E-state index contributed by atoms with van der Waals surface area (Å²) in [5, 5.41) is 5.71. The number of amides is 2. The van der Waals surface area contributed by atoms with Gasteiger partial charge in [0, 0.05) is 30.0 Å². The van der Waals surface area contributed by atoms with Crippen LogP contribution < -0.4 is 15.4 Å². The van der Waals surface area contributed by atoms with Crippen molar-refractivity contribution in [2.45, 2.75) is 25.9 Å². The Kier molecular flexibility index (Phi) is 7.06. The van der Waals surface area contributed by atoms with E-state index in [0.29, 0.717) is 35.7 Å². The van der Waals surface area contributed by atoms with Gasteiger partial charge in [-0.05, 0) is 78.2 Å². The highest BCUT2D eigenvalue weighted by Crippen LogP contribution is 2.26. The highest BCUT2D eigenvalue weighted by Gasteiger charge is 2.16. The lowest BCUT2D eigenvalue weighted by atomic mass is 10.1. The summed E-state index contributed by atoms with van der Waals surface area (Å²) in [4.78, 5) is 24.6. The van der Waals surface area contributed by atoms with Gasteiger partial charge >= 0.3 is 0 Å². The molecule has 0 radical (unpaired) electrons. The van der Waals surface area contributed by atoms with Crippen molar-refractivity contribution in [3.63, 3.8) is 0 Å². The van der Waals surface area contributed by atoms with Crippen LogP contribution in [0.1, 0.15) is 40.5 Å². The first-order valence-electron chi connectivity index (χ1n) is 9.30. The first kappa shape index (κ1) is 20.4. The standard InChI is InChI=1S/C21H23BrN2O4/c1-2-27-19-10-7-15(12-18(19)22)21(26)24-16-8-5-14(6-9-16)20(25)23-13-17-4-3-11-28-17/h5-10,12,17H,2-4,11,13H2,1H3,(H,23,25)(H,24,26). The fourth-order valence-electron chi connectivity index (χ4n) is 2.94. The average molecular weight is 447 g/mol. The Labute approximate surface area is 172 Å². The number of halogens is 1. The molecule has 1 atom stereocenters. The number of carbonyl (C=O) groups is 2. The molecule has 2 N–H and O–H groups in total. The molecule has 0 saturated carbocycles. The van der Waals surface area contributed by atoms with Crippen molar-refractivity contribution in [1.29, 1.82) is 0 Å². The van der Waals surface area contributed by atoms with E-state index in [4.69, 9.17) is 9.47 Å². The molecule has 2 aromatic carbocycles. The van der Waals surface area contributed by atoms with Crippen molar-refractivity contribution >= 4 is 33.4 Å². The summed E-state index contributed by atoms with van der Waals surface area (Å²) >= 11 is 3.41. The van der Waals surface area contributed by atoms with Crippen LogP contribution >= 0.6 is 15.9 Å². The Morgan fingerprint density at radius 1 is 1.14 bits per heavy atom. The highest BCUT2D eigenvalue weighted by molar-refractivity contribution is 9.10. The van der Waals surface area contributed by atoms with Gasteiger partial charge in [0.2, 0.25) is 0 Å². The molecule has 1 fully saturated rings. The first-order chi connectivity index (χ1) is 13.6. The molecule has 3 rings (SSSR count). The fraction of sp³-hybridized carbons (Fsp3) is 0.333. The predicted octanol–water partition coefficient (Wildman–Crippen LogP) is 4.01. The highest BCUT2D eigenvalue weighted by atomic mass is 79.9. The Bertz CT molecular complexity index is 833. The van der Waals surface area contributed by atoms with Crippen LogP contribution in [0, 0.1) is 0 Å². The number of ether oxygens (including phenoxy) is 2. The lowest BCUT2D eigenvalue weighted by Crippen LogP contribution is -2.31. The molecule has 0 aromatic heterocycles. The van der Waals surface area contributed by atoms with E-state index in [1.807, 2.05) is 6.92 Å². The maximum absolute atomic E-state index is 12.4. The van der Waals surface area contributed by atoms with E-state index in [1.54, 1.807) is 42.5 Å². The molecule has 7 heteroatoms. The van der Waals surface area contributed by atoms with Crippen molar-refractivity contribution in [3.8, 4) is 5.75 Å². The Morgan fingerprint density at radius 2 is 1.89 bits per heavy atom. The SMILES string of the molecule is CCOc1ccc(C(=O)Nc2ccc(C(=O)NCC3CCCO3)cc2)cc1Br. The number of hydrogen-bond donors (Lipinski definition) is 2. The number of benzene rings is 2. The van der Waals surface area contributed by atoms with Crippen LogP contribution in [0.4, 0.5) is 5.69 Å². The minimum Gasteiger partial charge on any atom is -0.493 e. The minimum atomic E-state index is -0.237. The summed E-state index contributed by atoms with van der Waals surface area (Å²) in [6.07, 6.45) is 2.13. The second-order valence-corrected chi connectivity index (χ2v) is 7.31. The zero-order chi connectivity index (χ0) is 19.9. The van der Waals surface area contributed by atoms with E-state index in [9.17, 15) is 9.59 Å². The van der Waals surface area contributed by atoms with E-state index >= 15 is 0 Å². The maximum atomic E-state index is 12.4. The number of hydrogen-bond acceptors (Lipinski definition) is 4. The molecule has 2 amide bonds. The summed E-state index contributed by atoms with van der Waals surface area (Å²) in [6.45, 7) is 3.74. The van der Waals surface area contributed by atoms with E-state index in [2.05, 4.69) is 26.6 Å². The smallest absolute Gasteiger partial charge is 0.255 e. The van der Waals surface area contributed by atoms with Crippen LogP contribution in [0.2, 0.25) is 0 Å². The van der Waals surface area contributed by atoms with Crippen LogP contribution in [-0.4, -0.2) is 37.7 Å². The summed E-state index contributed by atoms with van der Waals surface area (Å²) < 4.78 is 11.7. The summed E-state index contributed by atoms with van der Waals surface area (Å²) in [5.74, 6) is 0.306. The third-order valence-electron chi connectivity index (χ3n) is 4.41. The maximum Gasteiger partial charge on any atom is 0.255 e. The largest absolute Gasteiger partial charge is 0.493 e. The summed E-state index contributed by atoms with van der Waals surface area (Å²) in [6, 6.07) is 12.0. The molecule has 0 spiro atoms. The molecular weight excluding hydrogens is 424 g/mol. The van der Waals surface area contributed by atoms with E-state index in [0.717, 1.165) is 23.9 Å². The zero-order valence-electron chi connectivity index (χ0n) is 15.7. The molecule has 1 aliphatic heterocycles. The lowest BCUT2D eigenvalue weighted by Gasteiger charge is -2.11. The van der Waals surface area contributed by atoms with Crippen LogP contribution in [0.5, 0.6) is 5.75 Å². The number of anilines is 1. The second kappa shape index (κ2) is 9.71. The van der Waals surface area contributed by atoms with Gasteiger partial charge in [-0.25, -0.2) is 0 Å². The van der Waals surface area contributed by atoms with Crippen molar-refractivity contribution in [2.24, 2.45) is 0 Å². The van der Waals surface area contributed by atoms with Crippen LogP contribution in [0.3, 0.4) is 0 Å². The molecule has 28 heavy (non-hydrogen) atoms. The minimum absolute atomic E-state index is 0.107. The fourth-order valence-corrected chi connectivity index (χ4v) is 3.43. The van der Waals surface area contributed by atoms with Crippen LogP contribution in [-0.2, 0) is 4.74 Å². The molecular formula is C21H23BrN2O4. The molecule has 1 aliphatic rings. The van der Waals surface area contributed by atoms with E-state index in [-0.39, 0.29) is 17.9 Å². The lowest BCUT2D eigenvalue weighted by molar-refractivity contribution is 0.0857. The van der Waals surface area contributed by atoms with Crippen molar-refractivity contribution in [2.75, 3.05) is 25.1 Å². The molecule has 1 saturated heterocycles. The zero-order valence-corrected chi connectivity index (χ0v) is 17.3.